The molecule has 2 aromatic rings. The van der Waals surface area contributed by atoms with E-state index in [0.29, 0.717) is 22.8 Å². The molecule has 0 N–H and O–H groups in total. The van der Waals surface area contributed by atoms with Crippen molar-refractivity contribution in [3.05, 3.63) is 41.3 Å². The van der Waals surface area contributed by atoms with Crippen LogP contribution in [0.25, 0.3) is 0 Å². The molecule has 0 atom stereocenters. The molecule has 0 amide bonds. The van der Waals surface area contributed by atoms with E-state index in [2.05, 4.69) is 5.16 Å². The van der Waals surface area contributed by atoms with Crippen molar-refractivity contribution in [2.45, 2.75) is 13.5 Å². The van der Waals surface area contributed by atoms with E-state index in [1.54, 1.807) is 31.2 Å². The third-order valence-electron chi connectivity index (χ3n) is 2.65. The Morgan fingerprint density at radius 2 is 2.05 bits per heavy atom. The monoisotopic (exact) mass is 277 g/mol. The van der Waals surface area contributed by atoms with E-state index in [-0.39, 0.29) is 6.61 Å². The van der Waals surface area contributed by atoms with Crippen LogP contribution in [0.15, 0.2) is 28.8 Å². The summed E-state index contributed by atoms with van der Waals surface area (Å²) in [6.45, 7) is 1.81. The van der Waals surface area contributed by atoms with E-state index >= 15 is 0 Å². The fraction of sp³-hybridized carbons (Fsp3) is 0.286. The minimum Gasteiger partial charge on any atom is -0.497 e. The highest BCUT2D eigenvalue weighted by Crippen LogP contribution is 2.25. The summed E-state index contributed by atoms with van der Waals surface area (Å²) in [7, 11) is 3.01. The highest BCUT2D eigenvalue weighted by atomic mass is 16.6. The number of hydrogen-bond acceptors (Lipinski definition) is 6. The third kappa shape index (κ3) is 3.09. The third-order valence-corrected chi connectivity index (χ3v) is 2.65. The average molecular weight is 277 g/mol. The van der Waals surface area contributed by atoms with Crippen molar-refractivity contribution in [1.29, 1.82) is 0 Å². The minimum absolute atomic E-state index is 0.0139. The minimum atomic E-state index is -0.519. The van der Waals surface area contributed by atoms with Crippen LogP contribution in [0.1, 0.15) is 21.8 Å². The molecule has 0 saturated heterocycles. The number of hydrogen-bond donors (Lipinski definition) is 0. The first-order valence-corrected chi connectivity index (χ1v) is 5.95. The standard InChI is InChI=1S/C14H15NO5/c1-9-6-11(20-15-9)8-19-14(16)12-7-10(17-2)4-5-13(12)18-3/h4-7H,8H2,1-3H3. The van der Waals surface area contributed by atoms with Gasteiger partial charge in [-0.15, -0.1) is 0 Å². The van der Waals surface area contributed by atoms with Crippen molar-refractivity contribution >= 4 is 5.97 Å². The Morgan fingerprint density at radius 3 is 2.65 bits per heavy atom. The van der Waals surface area contributed by atoms with E-state index in [4.69, 9.17) is 18.7 Å². The van der Waals surface area contributed by atoms with Gasteiger partial charge in [-0.3, -0.25) is 0 Å². The lowest BCUT2D eigenvalue weighted by Crippen LogP contribution is -2.07. The van der Waals surface area contributed by atoms with Crippen molar-refractivity contribution in [2.24, 2.45) is 0 Å². The molecule has 1 heterocycles. The Hall–Kier alpha value is -2.50. The second-order valence-corrected chi connectivity index (χ2v) is 4.08. The molecule has 20 heavy (non-hydrogen) atoms. The number of nitrogens with zero attached hydrogens (tertiary/aromatic N) is 1. The summed E-state index contributed by atoms with van der Waals surface area (Å²) >= 11 is 0. The molecule has 0 bridgehead atoms. The number of aryl methyl sites for hydroxylation is 1. The number of aromatic nitrogens is 1. The number of ether oxygens (including phenoxy) is 3. The van der Waals surface area contributed by atoms with Gasteiger partial charge in [0.15, 0.2) is 12.4 Å². The van der Waals surface area contributed by atoms with Crippen LogP contribution in [0.3, 0.4) is 0 Å². The highest BCUT2D eigenvalue weighted by molar-refractivity contribution is 5.93. The average Bonchev–Trinajstić information content (AvgIpc) is 2.89. The number of carbonyl (C=O) groups excluding carboxylic acids is 1. The predicted molar refractivity (Wildman–Crippen MR) is 69.9 cm³/mol. The van der Waals surface area contributed by atoms with Crippen LogP contribution in [-0.2, 0) is 11.3 Å². The number of rotatable bonds is 5. The molecule has 0 spiro atoms. The first-order chi connectivity index (χ1) is 9.63. The van der Waals surface area contributed by atoms with Crippen LogP contribution in [0, 0.1) is 6.92 Å². The molecule has 0 fully saturated rings. The van der Waals surface area contributed by atoms with Gasteiger partial charge in [-0.25, -0.2) is 4.79 Å². The lowest BCUT2D eigenvalue weighted by Gasteiger charge is -2.09. The molecule has 6 nitrogen and oxygen atoms in total. The molecule has 0 aliphatic heterocycles. The van der Waals surface area contributed by atoms with Crippen molar-refractivity contribution < 1.29 is 23.5 Å². The van der Waals surface area contributed by atoms with Gasteiger partial charge in [0.05, 0.1) is 19.9 Å². The maximum Gasteiger partial charge on any atom is 0.342 e. The fourth-order valence-electron chi connectivity index (χ4n) is 1.67. The molecule has 0 aliphatic carbocycles. The first-order valence-electron chi connectivity index (χ1n) is 5.95. The Balaban J connectivity index is 2.11. The van der Waals surface area contributed by atoms with Gasteiger partial charge in [-0.2, -0.15) is 0 Å². The first kappa shape index (κ1) is 13.9. The van der Waals surface area contributed by atoms with E-state index in [1.807, 2.05) is 0 Å². The van der Waals surface area contributed by atoms with Gasteiger partial charge < -0.3 is 18.7 Å². The second kappa shape index (κ2) is 6.10. The smallest absolute Gasteiger partial charge is 0.342 e. The van der Waals surface area contributed by atoms with Crippen molar-refractivity contribution in [3.63, 3.8) is 0 Å². The van der Waals surface area contributed by atoms with Gasteiger partial charge in [0.1, 0.15) is 17.1 Å². The Labute approximate surface area is 116 Å². The van der Waals surface area contributed by atoms with Crippen molar-refractivity contribution in [3.8, 4) is 11.5 Å². The highest BCUT2D eigenvalue weighted by Gasteiger charge is 2.16. The van der Waals surface area contributed by atoms with Crippen LogP contribution in [0.2, 0.25) is 0 Å². The van der Waals surface area contributed by atoms with Crippen LogP contribution < -0.4 is 9.47 Å². The molecule has 6 heteroatoms. The molecule has 1 aromatic heterocycles. The molecule has 0 radical (unpaired) electrons. The summed E-state index contributed by atoms with van der Waals surface area (Å²) < 4.78 is 20.3. The zero-order valence-corrected chi connectivity index (χ0v) is 11.5. The largest absolute Gasteiger partial charge is 0.497 e. The second-order valence-electron chi connectivity index (χ2n) is 4.08. The van der Waals surface area contributed by atoms with Crippen molar-refractivity contribution in [2.75, 3.05) is 14.2 Å². The van der Waals surface area contributed by atoms with Gasteiger partial charge >= 0.3 is 5.97 Å². The fourth-order valence-corrected chi connectivity index (χ4v) is 1.67. The molecule has 0 unspecified atom stereocenters. The molecule has 2 rings (SSSR count). The Kier molecular flexibility index (Phi) is 4.24. The predicted octanol–water partition coefficient (Wildman–Crippen LogP) is 2.36. The van der Waals surface area contributed by atoms with Gasteiger partial charge in [-0.1, -0.05) is 5.16 Å². The normalized spacial score (nSPS) is 10.2. The summed E-state index contributed by atoms with van der Waals surface area (Å²) in [6.07, 6.45) is 0. The van der Waals surface area contributed by atoms with Crippen LogP contribution in [0.5, 0.6) is 11.5 Å². The van der Waals surface area contributed by atoms with E-state index in [9.17, 15) is 4.79 Å². The zero-order valence-electron chi connectivity index (χ0n) is 11.5. The summed E-state index contributed by atoms with van der Waals surface area (Å²) in [5.41, 5.74) is 1.03. The zero-order chi connectivity index (χ0) is 14.5. The topological polar surface area (TPSA) is 70.8 Å². The molecular weight excluding hydrogens is 262 g/mol. The van der Waals surface area contributed by atoms with Gasteiger partial charge in [0, 0.05) is 6.07 Å². The van der Waals surface area contributed by atoms with Gasteiger partial charge in [0.2, 0.25) is 0 Å². The Morgan fingerprint density at radius 1 is 1.25 bits per heavy atom. The lowest BCUT2D eigenvalue weighted by molar-refractivity contribution is 0.0433. The van der Waals surface area contributed by atoms with E-state index < -0.39 is 5.97 Å². The Bertz CT molecular complexity index is 605. The molecule has 106 valence electrons. The quantitative estimate of drug-likeness (QED) is 0.781. The van der Waals surface area contributed by atoms with E-state index in [1.165, 1.54) is 14.2 Å². The molecule has 1 aromatic carbocycles. The number of methoxy groups -OCH3 is 2. The summed E-state index contributed by atoms with van der Waals surface area (Å²) in [4.78, 5) is 12.1. The van der Waals surface area contributed by atoms with Crippen LogP contribution in [0.4, 0.5) is 0 Å². The number of carbonyl (C=O) groups is 1. The van der Waals surface area contributed by atoms with Crippen molar-refractivity contribution in [1.82, 2.24) is 5.16 Å². The van der Waals surface area contributed by atoms with E-state index in [0.717, 1.165) is 5.69 Å². The SMILES string of the molecule is COc1ccc(OC)c(C(=O)OCc2cc(C)no2)c1. The summed E-state index contributed by atoms with van der Waals surface area (Å²) in [5, 5.41) is 3.72. The number of benzene rings is 1. The van der Waals surface area contributed by atoms with Crippen LogP contribution >= 0.6 is 0 Å². The lowest BCUT2D eigenvalue weighted by atomic mass is 10.2. The van der Waals surface area contributed by atoms with Gasteiger partial charge in [-0.05, 0) is 25.1 Å². The molecule has 0 aliphatic rings. The summed E-state index contributed by atoms with van der Waals surface area (Å²) in [5.74, 6) is 0.935. The molecule has 0 saturated carbocycles. The maximum absolute atomic E-state index is 12.1. The summed E-state index contributed by atoms with van der Waals surface area (Å²) in [6, 6.07) is 6.62. The molecular formula is C14H15NO5. The maximum atomic E-state index is 12.1. The van der Waals surface area contributed by atoms with Gasteiger partial charge in [0.25, 0.3) is 0 Å². The van der Waals surface area contributed by atoms with Crippen LogP contribution in [-0.4, -0.2) is 25.3 Å². The number of esters is 1.